The van der Waals surface area contributed by atoms with Crippen molar-refractivity contribution in [3.63, 3.8) is 0 Å². The lowest BCUT2D eigenvalue weighted by Crippen LogP contribution is -2.39. The number of amides is 2. The summed E-state index contributed by atoms with van der Waals surface area (Å²) in [4.78, 5) is 26.7. The van der Waals surface area contributed by atoms with Gasteiger partial charge in [-0.25, -0.2) is 0 Å². The molecule has 0 spiro atoms. The van der Waals surface area contributed by atoms with Crippen molar-refractivity contribution in [1.29, 1.82) is 0 Å². The van der Waals surface area contributed by atoms with E-state index in [1.54, 1.807) is 7.11 Å². The molecule has 1 N–H and O–H groups in total. The number of fused-ring (bicyclic) bond motifs is 1. The molecule has 0 fully saturated rings. The number of nitrogens with zero attached hydrogens (tertiary/aromatic N) is 1. The molecule has 1 atom stereocenters. The van der Waals surface area contributed by atoms with Crippen LogP contribution in [-0.4, -0.2) is 25.5 Å². The number of methoxy groups -OCH3 is 1. The van der Waals surface area contributed by atoms with E-state index in [1.165, 1.54) is 12.5 Å². The van der Waals surface area contributed by atoms with Crippen LogP contribution in [0.4, 0.5) is 5.69 Å². The molecular formula is C22H26N2O3. The minimum absolute atomic E-state index is 0.0276. The van der Waals surface area contributed by atoms with E-state index in [-0.39, 0.29) is 24.3 Å². The van der Waals surface area contributed by atoms with E-state index in [0.29, 0.717) is 6.54 Å². The van der Waals surface area contributed by atoms with Crippen molar-refractivity contribution in [2.45, 2.75) is 39.2 Å². The van der Waals surface area contributed by atoms with Gasteiger partial charge in [0.1, 0.15) is 5.75 Å². The van der Waals surface area contributed by atoms with Crippen molar-refractivity contribution < 1.29 is 14.3 Å². The molecule has 2 amide bonds. The quantitative estimate of drug-likeness (QED) is 0.880. The highest BCUT2D eigenvalue weighted by atomic mass is 16.5. The number of hydrogen-bond donors (Lipinski definition) is 1. The summed E-state index contributed by atoms with van der Waals surface area (Å²) >= 11 is 0. The lowest BCUT2D eigenvalue weighted by molar-refractivity contribution is -0.121. The number of nitrogens with one attached hydrogen (secondary N) is 1. The van der Waals surface area contributed by atoms with Crippen molar-refractivity contribution in [3.05, 3.63) is 59.2 Å². The normalized spacial score (nSPS) is 14.3. The van der Waals surface area contributed by atoms with Gasteiger partial charge in [-0.05, 0) is 48.6 Å². The fourth-order valence-electron chi connectivity index (χ4n) is 3.72. The number of carbonyl (C=O) groups excluding carboxylic acids is 2. The molecule has 0 saturated carbocycles. The SMILES string of the molecule is COc1ccc(C(CC(=O)N2CCCc3cccc(C)c32)NC(C)=O)cc1. The van der Waals surface area contributed by atoms with E-state index < -0.39 is 0 Å². The Morgan fingerprint density at radius 2 is 1.93 bits per heavy atom. The Hall–Kier alpha value is -2.82. The number of benzene rings is 2. The lowest BCUT2D eigenvalue weighted by atomic mass is 9.96. The Kier molecular flexibility index (Phi) is 5.79. The molecule has 0 aliphatic carbocycles. The maximum Gasteiger partial charge on any atom is 0.229 e. The smallest absolute Gasteiger partial charge is 0.229 e. The topological polar surface area (TPSA) is 58.6 Å². The molecule has 2 aromatic rings. The van der Waals surface area contributed by atoms with Gasteiger partial charge in [-0.3, -0.25) is 9.59 Å². The molecule has 1 aliphatic heterocycles. The molecular weight excluding hydrogens is 340 g/mol. The molecule has 0 bridgehead atoms. The van der Waals surface area contributed by atoms with Gasteiger partial charge in [0.2, 0.25) is 11.8 Å². The summed E-state index contributed by atoms with van der Waals surface area (Å²) in [6.45, 7) is 4.23. The first-order valence-electron chi connectivity index (χ1n) is 9.29. The van der Waals surface area contributed by atoms with E-state index in [2.05, 4.69) is 11.4 Å². The third kappa shape index (κ3) is 4.30. The molecule has 0 saturated heterocycles. The Bertz CT molecular complexity index is 830. The molecule has 142 valence electrons. The van der Waals surface area contributed by atoms with Crippen molar-refractivity contribution >= 4 is 17.5 Å². The van der Waals surface area contributed by atoms with Gasteiger partial charge < -0.3 is 15.0 Å². The van der Waals surface area contributed by atoms with Crippen LogP contribution in [0.2, 0.25) is 0 Å². The monoisotopic (exact) mass is 366 g/mol. The van der Waals surface area contributed by atoms with Crippen LogP contribution < -0.4 is 15.0 Å². The van der Waals surface area contributed by atoms with E-state index in [0.717, 1.165) is 35.4 Å². The third-order valence-electron chi connectivity index (χ3n) is 4.99. The van der Waals surface area contributed by atoms with Gasteiger partial charge in [0.05, 0.1) is 19.6 Å². The Morgan fingerprint density at radius 3 is 2.59 bits per heavy atom. The van der Waals surface area contributed by atoms with E-state index in [4.69, 9.17) is 4.74 Å². The van der Waals surface area contributed by atoms with Crippen molar-refractivity contribution in [1.82, 2.24) is 5.32 Å². The van der Waals surface area contributed by atoms with Crippen LogP contribution in [0.3, 0.4) is 0 Å². The maximum absolute atomic E-state index is 13.2. The average Bonchev–Trinajstić information content (AvgIpc) is 2.67. The number of para-hydroxylation sites is 1. The Labute approximate surface area is 160 Å². The second-order valence-corrected chi connectivity index (χ2v) is 6.96. The summed E-state index contributed by atoms with van der Waals surface area (Å²) < 4.78 is 5.20. The Balaban J connectivity index is 1.84. The predicted octanol–water partition coefficient (Wildman–Crippen LogP) is 3.55. The van der Waals surface area contributed by atoms with Gasteiger partial charge in [0, 0.05) is 19.2 Å². The second kappa shape index (κ2) is 8.25. The summed E-state index contributed by atoms with van der Waals surface area (Å²) in [6, 6.07) is 13.3. The van der Waals surface area contributed by atoms with Gasteiger partial charge >= 0.3 is 0 Å². The average molecular weight is 366 g/mol. The highest BCUT2D eigenvalue weighted by molar-refractivity contribution is 5.96. The molecule has 1 unspecified atom stereocenters. The first kappa shape index (κ1) is 19.0. The van der Waals surface area contributed by atoms with Crippen LogP contribution in [0.25, 0.3) is 0 Å². The number of carbonyl (C=O) groups is 2. The summed E-state index contributed by atoms with van der Waals surface area (Å²) in [5.41, 5.74) is 4.25. The molecule has 27 heavy (non-hydrogen) atoms. The van der Waals surface area contributed by atoms with Crippen LogP contribution in [0.5, 0.6) is 5.75 Å². The van der Waals surface area contributed by atoms with Crippen LogP contribution in [0.1, 0.15) is 42.5 Å². The van der Waals surface area contributed by atoms with Gasteiger partial charge in [-0.15, -0.1) is 0 Å². The lowest BCUT2D eigenvalue weighted by Gasteiger charge is -2.32. The first-order chi connectivity index (χ1) is 13.0. The second-order valence-electron chi connectivity index (χ2n) is 6.96. The maximum atomic E-state index is 13.2. The largest absolute Gasteiger partial charge is 0.497 e. The first-order valence-corrected chi connectivity index (χ1v) is 9.29. The van der Waals surface area contributed by atoms with E-state index in [9.17, 15) is 9.59 Å². The minimum Gasteiger partial charge on any atom is -0.497 e. The predicted molar refractivity (Wildman–Crippen MR) is 106 cm³/mol. The van der Waals surface area contributed by atoms with Crippen molar-refractivity contribution in [2.75, 3.05) is 18.6 Å². The molecule has 5 heteroatoms. The van der Waals surface area contributed by atoms with Crippen molar-refractivity contribution in [3.8, 4) is 5.75 Å². The number of hydrogen-bond acceptors (Lipinski definition) is 3. The molecule has 3 rings (SSSR count). The third-order valence-corrected chi connectivity index (χ3v) is 4.99. The van der Waals surface area contributed by atoms with Crippen LogP contribution in [0.15, 0.2) is 42.5 Å². The zero-order valence-electron chi connectivity index (χ0n) is 16.1. The van der Waals surface area contributed by atoms with Crippen LogP contribution in [-0.2, 0) is 16.0 Å². The molecule has 1 heterocycles. The number of anilines is 1. The van der Waals surface area contributed by atoms with E-state index >= 15 is 0 Å². The highest BCUT2D eigenvalue weighted by Gasteiger charge is 2.27. The molecule has 2 aromatic carbocycles. The highest BCUT2D eigenvalue weighted by Crippen LogP contribution is 2.32. The van der Waals surface area contributed by atoms with Gasteiger partial charge in [0.15, 0.2) is 0 Å². The molecule has 1 aliphatic rings. The van der Waals surface area contributed by atoms with Gasteiger partial charge in [-0.2, -0.15) is 0 Å². The summed E-state index contributed by atoms with van der Waals surface area (Å²) in [5, 5.41) is 2.91. The number of aryl methyl sites for hydroxylation is 2. The fraction of sp³-hybridized carbons (Fsp3) is 0.364. The molecule has 5 nitrogen and oxygen atoms in total. The zero-order chi connectivity index (χ0) is 19.4. The Morgan fingerprint density at radius 1 is 1.19 bits per heavy atom. The summed E-state index contributed by atoms with van der Waals surface area (Å²) in [5.74, 6) is 0.617. The van der Waals surface area contributed by atoms with Crippen molar-refractivity contribution in [2.24, 2.45) is 0 Å². The summed E-state index contributed by atoms with van der Waals surface area (Å²) in [7, 11) is 1.61. The van der Waals surface area contributed by atoms with E-state index in [1.807, 2.05) is 48.2 Å². The number of ether oxygens (including phenoxy) is 1. The summed E-state index contributed by atoms with van der Waals surface area (Å²) in [6.07, 6.45) is 2.17. The minimum atomic E-state index is -0.365. The fourth-order valence-corrected chi connectivity index (χ4v) is 3.72. The van der Waals surface area contributed by atoms with Crippen LogP contribution >= 0.6 is 0 Å². The zero-order valence-corrected chi connectivity index (χ0v) is 16.1. The standard InChI is InChI=1S/C22H26N2O3/c1-15-6-4-7-18-8-5-13-24(22(15)18)21(26)14-20(23-16(2)25)17-9-11-19(27-3)12-10-17/h4,6-7,9-12,20H,5,8,13-14H2,1-3H3,(H,23,25). The van der Waals surface area contributed by atoms with Gasteiger partial charge in [-0.1, -0.05) is 30.3 Å². The van der Waals surface area contributed by atoms with Gasteiger partial charge in [0.25, 0.3) is 0 Å². The molecule has 0 aromatic heterocycles. The molecule has 0 radical (unpaired) electrons. The number of rotatable bonds is 5. The van der Waals surface area contributed by atoms with Crippen LogP contribution in [0, 0.1) is 6.92 Å².